The maximum absolute atomic E-state index is 12.3. The third kappa shape index (κ3) is 3.38. The fraction of sp³-hybridized carbons (Fsp3) is 0.211. The molecule has 1 atom stereocenters. The molecule has 0 radical (unpaired) electrons. The summed E-state index contributed by atoms with van der Waals surface area (Å²) in [7, 11) is 0. The lowest BCUT2D eigenvalue weighted by Crippen LogP contribution is -2.26. The molecule has 2 aromatic heterocycles. The van der Waals surface area contributed by atoms with Crippen molar-refractivity contribution in [2.24, 2.45) is 0 Å². The molecule has 126 valence electrons. The summed E-state index contributed by atoms with van der Waals surface area (Å²) in [5.74, 6) is 1.89. The number of amides is 1. The average molecular weight is 335 g/mol. The van der Waals surface area contributed by atoms with Gasteiger partial charge in [-0.15, -0.1) is 0 Å². The van der Waals surface area contributed by atoms with Crippen molar-refractivity contribution in [3.05, 3.63) is 66.4 Å². The van der Waals surface area contributed by atoms with Gasteiger partial charge in [0.25, 0.3) is 5.89 Å². The number of rotatable bonds is 4. The van der Waals surface area contributed by atoms with Crippen LogP contribution in [0.2, 0.25) is 0 Å². The van der Waals surface area contributed by atoms with Crippen LogP contribution < -0.4 is 0 Å². The summed E-state index contributed by atoms with van der Waals surface area (Å²) < 4.78 is 10.6. The summed E-state index contributed by atoms with van der Waals surface area (Å²) in [4.78, 5) is 18.6. The molecule has 0 spiro atoms. The Hall–Kier alpha value is -3.15. The minimum absolute atomic E-state index is 0.0364. The third-order valence-electron chi connectivity index (χ3n) is 4.26. The lowest BCUT2D eigenvalue weighted by molar-refractivity contribution is -0.125. The molecule has 25 heavy (non-hydrogen) atoms. The minimum atomic E-state index is -0.0364. The molecule has 0 aliphatic carbocycles. The second kappa shape index (κ2) is 6.76. The highest BCUT2D eigenvalue weighted by Crippen LogP contribution is 2.27. The molecular weight excluding hydrogens is 318 g/mol. The zero-order valence-electron chi connectivity index (χ0n) is 13.5. The first-order valence-electron chi connectivity index (χ1n) is 8.19. The highest BCUT2D eigenvalue weighted by atomic mass is 16.5. The van der Waals surface area contributed by atoms with Gasteiger partial charge in [0.15, 0.2) is 5.82 Å². The van der Waals surface area contributed by atoms with E-state index in [-0.39, 0.29) is 11.8 Å². The molecule has 1 aliphatic rings. The average Bonchev–Trinajstić information content (AvgIpc) is 3.41. The van der Waals surface area contributed by atoms with Crippen LogP contribution >= 0.6 is 0 Å². The fourth-order valence-electron chi connectivity index (χ4n) is 2.91. The summed E-state index contributed by atoms with van der Waals surface area (Å²) in [5, 5.41) is 4.10. The van der Waals surface area contributed by atoms with Gasteiger partial charge in [0.1, 0.15) is 5.76 Å². The van der Waals surface area contributed by atoms with Gasteiger partial charge in [-0.25, -0.2) is 0 Å². The van der Waals surface area contributed by atoms with Crippen molar-refractivity contribution in [1.29, 1.82) is 0 Å². The van der Waals surface area contributed by atoms with Gasteiger partial charge in [-0.3, -0.25) is 4.79 Å². The van der Waals surface area contributed by atoms with Gasteiger partial charge in [-0.2, -0.15) is 4.98 Å². The molecule has 6 heteroatoms. The number of aromatic nitrogens is 2. The molecule has 3 aromatic rings. The molecule has 6 nitrogen and oxygen atoms in total. The number of benzene rings is 1. The molecule has 3 heterocycles. The smallest absolute Gasteiger partial charge is 0.257 e. The van der Waals surface area contributed by atoms with Crippen LogP contribution in [0, 0.1) is 0 Å². The molecule has 0 bridgehead atoms. The van der Waals surface area contributed by atoms with Gasteiger partial charge in [0, 0.05) is 30.6 Å². The van der Waals surface area contributed by atoms with Crippen LogP contribution in [0.4, 0.5) is 0 Å². The Kier molecular flexibility index (Phi) is 4.16. The van der Waals surface area contributed by atoms with Gasteiger partial charge in [-0.1, -0.05) is 23.4 Å². The molecular formula is C19H17N3O3. The maximum Gasteiger partial charge on any atom is 0.257 e. The van der Waals surface area contributed by atoms with Crippen LogP contribution in [-0.2, 0) is 4.79 Å². The molecule has 1 unspecified atom stereocenters. The van der Waals surface area contributed by atoms with E-state index in [1.807, 2.05) is 30.3 Å². The maximum atomic E-state index is 12.3. The first-order valence-corrected chi connectivity index (χ1v) is 8.19. The van der Waals surface area contributed by atoms with E-state index >= 15 is 0 Å². The highest BCUT2D eigenvalue weighted by Gasteiger charge is 2.29. The van der Waals surface area contributed by atoms with Crippen molar-refractivity contribution in [3.8, 4) is 11.5 Å². The second-order valence-corrected chi connectivity index (χ2v) is 5.94. The Morgan fingerprint density at radius 1 is 1.20 bits per heavy atom. The van der Waals surface area contributed by atoms with E-state index in [4.69, 9.17) is 8.94 Å². The van der Waals surface area contributed by atoms with Crippen LogP contribution in [0.5, 0.6) is 0 Å². The first-order chi connectivity index (χ1) is 12.3. The Labute approximate surface area is 144 Å². The van der Waals surface area contributed by atoms with Crippen LogP contribution in [0.25, 0.3) is 17.5 Å². The van der Waals surface area contributed by atoms with E-state index in [9.17, 15) is 4.79 Å². The molecule has 1 aromatic carbocycles. The van der Waals surface area contributed by atoms with Crippen molar-refractivity contribution in [2.75, 3.05) is 13.1 Å². The van der Waals surface area contributed by atoms with Crippen molar-refractivity contribution >= 4 is 12.0 Å². The molecule has 0 N–H and O–H groups in total. The van der Waals surface area contributed by atoms with Crippen molar-refractivity contribution < 1.29 is 13.7 Å². The summed E-state index contributed by atoms with van der Waals surface area (Å²) in [5.41, 5.74) is 0.897. The predicted molar refractivity (Wildman–Crippen MR) is 91.4 cm³/mol. The number of likely N-dealkylation sites (tertiary alicyclic amines) is 1. The van der Waals surface area contributed by atoms with Gasteiger partial charge in [0.05, 0.1) is 6.26 Å². The van der Waals surface area contributed by atoms with Crippen molar-refractivity contribution in [2.45, 2.75) is 12.3 Å². The van der Waals surface area contributed by atoms with Gasteiger partial charge >= 0.3 is 0 Å². The zero-order chi connectivity index (χ0) is 17.1. The molecule has 0 saturated carbocycles. The number of carbonyl (C=O) groups excluding carboxylic acids is 1. The number of furan rings is 1. The summed E-state index contributed by atoms with van der Waals surface area (Å²) in [6, 6.07) is 13.3. The van der Waals surface area contributed by atoms with Gasteiger partial charge < -0.3 is 13.8 Å². The normalized spacial score (nSPS) is 17.4. The van der Waals surface area contributed by atoms with E-state index in [1.165, 1.54) is 6.08 Å². The summed E-state index contributed by atoms with van der Waals surface area (Å²) in [6.07, 6.45) is 5.62. The third-order valence-corrected chi connectivity index (χ3v) is 4.26. The molecule has 1 saturated heterocycles. The van der Waals surface area contributed by atoms with E-state index in [0.717, 1.165) is 12.0 Å². The second-order valence-electron chi connectivity index (χ2n) is 5.94. The van der Waals surface area contributed by atoms with Crippen LogP contribution in [0.1, 0.15) is 23.9 Å². The molecule has 4 rings (SSSR count). The topological polar surface area (TPSA) is 72.4 Å². The van der Waals surface area contributed by atoms with Crippen LogP contribution in [0.15, 0.2) is 63.7 Å². The van der Waals surface area contributed by atoms with E-state index in [2.05, 4.69) is 10.1 Å². The standard InChI is InChI=1S/C19H17N3O3/c23-17(9-8-16-7-4-12-24-16)22-11-10-15(13-22)18-20-19(25-21-18)14-5-2-1-3-6-14/h1-9,12,15H,10-11,13H2/b9-8+. The number of hydrogen-bond acceptors (Lipinski definition) is 5. The first kappa shape index (κ1) is 15.4. The van der Waals surface area contributed by atoms with Gasteiger partial charge in [-0.05, 0) is 36.8 Å². The van der Waals surface area contributed by atoms with Crippen molar-refractivity contribution in [3.63, 3.8) is 0 Å². The highest BCUT2D eigenvalue weighted by molar-refractivity contribution is 5.91. The Morgan fingerprint density at radius 2 is 2.08 bits per heavy atom. The Bertz CT molecular complexity index is 868. The van der Waals surface area contributed by atoms with Crippen molar-refractivity contribution in [1.82, 2.24) is 15.0 Å². The fourth-order valence-corrected chi connectivity index (χ4v) is 2.91. The zero-order valence-corrected chi connectivity index (χ0v) is 13.5. The SMILES string of the molecule is O=C(/C=C/c1ccco1)N1CCC(c2noc(-c3ccccc3)n2)C1. The van der Waals surface area contributed by atoms with E-state index < -0.39 is 0 Å². The molecule has 1 amide bonds. The monoisotopic (exact) mass is 335 g/mol. The Morgan fingerprint density at radius 3 is 2.88 bits per heavy atom. The quantitative estimate of drug-likeness (QED) is 0.684. The summed E-state index contributed by atoms with van der Waals surface area (Å²) in [6.45, 7) is 1.27. The summed E-state index contributed by atoms with van der Waals surface area (Å²) >= 11 is 0. The minimum Gasteiger partial charge on any atom is -0.465 e. The van der Waals surface area contributed by atoms with Gasteiger partial charge in [0.2, 0.25) is 5.91 Å². The number of carbonyl (C=O) groups is 1. The lowest BCUT2D eigenvalue weighted by Gasteiger charge is -2.12. The van der Waals surface area contributed by atoms with Crippen LogP contribution in [0.3, 0.4) is 0 Å². The molecule has 1 fully saturated rings. The van der Waals surface area contributed by atoms with E-state index in [1.54, 1.807) is 29.4 Å². The molecule has 1 aliphatic heterocycles. The number of hydrogen-bond donors (Lipinski definition) is 0. The largest absolute Gasteiger partial charge is 0.465 e. The lowest BCUT2D eigenvalue weighted by atomic mass is 10.1. The van der Waals surface area contributed by atoms with Crippen LogP contribution in [-0.4, -0.2) is 34.0 Å². The van der Waals surface area contributed by atoms with E-state index in [0.29, 0.717) is 30.6 Å². The Balaban J connectivity index is 1.41. The predicted octanol–water partition coefficient (Wildman–Crippen LogP) is 3.36. The number of nitrogens with zero attached hydrogens (tertiary/aromatic N) is 3.